The number of hydrogen-bond donors (Lipinski definition) is 2. The average Bonchev–Trinajstić information content (AvgIpc) is 2.25. The normalized spacial score (nSPS) is 10.1. The summed E-state index contributed by atoms with van der Waals surface area (Å²) in [6.07, 6.45) is 2.76. The second kappa shape index (κ2) is 4.32. The lowest BCUT2D eigenvalue weighted by Gasteiger charge is -2.08. The summed E-state index contributed by atoms with van der Waals surface area (Å²) in [5, 5.41) is 3.09. The van der Waals surface area contributed by atoms with E-state index < -0.39 is 5.82 Å². The van der Waals surface area contributed by atoms with Crippen LogP contribution in [0.2, 0.25) is 5.02 Å². The molecule has 16 heavy (non-hydrogen) atoms. The zero-order valence-corrected chi connectivity index (χ0v) is 8.87. The molecule has 0 fully saturated rings. The van der Waals surface area contributed by atoms with Crippen LogP contribution in [0.15, 0.2) is 30.7 Å². The molecule has 0 saturated heterocycles. The zero-order valence-electron chi connectivity index (χ0n) is 8.11. The van der Waals surface area contributed by atoms with E-state index in [1.165, 1.54) is 24.7 Å². The monoisotopic (exact) mass is 238 g/mol. The fraction of sp³-hybridized carbons (Fsp3) is 0. The van der Waals surface area contributed by atoms with Gasteiger partial charge in [0, 0.05) is 5.02 Å². The summed E-state index contributed by atoms with van der Waals surface area (Å²) in [7, 11) is 0. The van der Waals surface area contributed by atoms with Gasteiger partial charge in [-0.2, -0.15) is 0 Å². The largest absolute Gasteiger partial charge is 0.394 e. The molecule has 1 heterocycles. The molecular weight excluding hydrogens is 231 g/mol. The Hall–Kier alpha value is -1.88. The van der Waals surface area contributed by atoms with Crippen LogP contribution in [0.25, 0.3) is 0 Å². The number of nitrogen functional groups attached to an aromatic ring is 1. The fourth-order valence-corrected chi connectivity index (χ4v) is 1.32. The average molecular weight is 239 g/mol. The van der Waals surface area contributed by atoms with E-state index in [1.807, 2.05) is 0 Å². The van der Waals surface area contributed by atoms with Crippen LogP contribution in [0.4, 0.5) is 21.6 Å². The predicted molar refractivity (Wildman–Crippen MR) is 61.1 cm³/mol. The first kappa shape index (κ1) is 10.6. The molecular formula is C10H8ClFN4. The van der Waals surface area contributed by atoms with E-state index in [0.29, 0.717) is 16.5 Å². The maximum absolute atomic E-state index is 13.4. The number of benzene rings is 1. The number of nitrogens with two attached hydrogens (primary N) is 1. The van der Waals surface area contributed by atoms with E-state index in [1.54, 1.807) is 6.07 Å². The molecule has 0 bridgehead atoms. The first-order chi connectivity index (χ1) is 7.66. The number of anilines is 3. The Balaban J connectivity index is 2.31. The maximum Gasteiger partial charge on any atom is 0.157 e. The molecule has 0 amide bonds. The summed E-state index contributed by atoms with van der Waals surface area (Å²) >= 11 is 5.63. The SMILES string of the molecule is Nc1cncnc1Nc1ccc(Cl)cc1F. The van der Waals surface area contributed by atoms with E-state index in [4.69, 9.17) is 17.3 Å². The van der Waals surface area contributed by atoms with Gasteiger partial charge in [-0.1, -0.05) is 11.6 Å². The van der Waals surface area contributed by atoms with Crippen molar-refractivity contribution in [2.75, 3.05) is 11.1 Å². The highest BCUT2D eigenvalue weighted by molar-refractivity contribution is 6.30. The van der Waals surface area contributed by atoms with Crippen molar-refractivity contribution in [3.05, 3.63) is 41.6 Å². The summed E-state index contributed by atoms with van der Waals surface area (Å²) in [6, 6.07) is 4.30. The molecule has 82 valence electrons. The molecule has 4 nitrogen and oxygen atoms in total. The van der Waals surface area contributed by atoms with Gasteiger partial charge < -0.3 is 11.1 Å². The van der Waals surface area contributed by atoms with E-state index in [0.717, 1.165) is 0 Å². The number of halogens is 2. The minimum atomic E-state index is -0.467. The maximum atomic E-state index is 13.4. The Morgan fingerprint density at radius 2 is 2.19 bits per heavy atom. The third kappa shape index (κ3) is 2.20. The molecule has 0 unspecified atom stereocenters. The first-order valence-electron chi connectivity index (χ1n) is 4.44. The number of rotatable bonds is 2. The van der Waals surface area contributed by atoms with Crippen LogP contribution in [0.1, 0.15) is 0 Å². The number of hydrogen-bond acceptors (Lipinski definition) is 4. The summed E-state index contributed by atoms with van der Waals surface area (Å²) in [5.41, 5.74) is 6.22. The van der Waals surface area contributed by atoms with Crippen molar-refractivity contribution < 1.29 is 4.39 Å². The van der Waals surface area contributed by atoms with E-state index in [2.05, 4.69) is 15.3 Å². The van der Waals surface area contributed by atoms with Gasteiger partial charge in [0.1, 0.15) is 12.1 Å². The molecule has 3 N–H and O–H groups in total. The molecule has 0 radical (unpaired) electrons. The van der Waals surface area contributed by atoms with Crippen LogP contribution in [-0.4, -0.2) is 9.97 Å². The van der Waals surface area contributed by atoms with Crippen LogP contribution < -0.4 is 11.1 Å². The van der Waals surface area contributed by atoms with Crippen molar-refractivity contribution in [1.29, 1.82) is 0 Å². The molecule has 2 aromatic rings. The van der Waals surface area contributed by atoms with Gasteiger partial charge in [-0.25, -0.2) is 14.4 Å². The first-order valence-corrected chi connectivity index (χ1v) is 4.82. The van der Waals surface area contributed by atoms with Crippen LogP contribution in [0, 0.1) is 5.82 Å². The lowest BCUT2D eigenvalue weighted by molar-refractivity contribution is 0.632. The number of aromatic nitrogens is 2. The van der Waals surface area contributed by atoms with Crippen molar-refractivity contribution in [1.82, 2.24) is 9.97 Å². The second-order valence-electron chi connectivity index (χ2n) is 3.08. The van der Waals surface area contributed by atoms with Gasteiger partial charge in [0.25, 0.3) is 0 Å². The Labute approximate surface area is 96.3 Å². The van der Waals surface area contributed by atoms with Crippen molar-refractivity contribution in [2.24, 2.45) is 0 Å². The van der Waals surface area contributed by atoms with Gasteiger partial charge in [-0.15, -0.1) is 0 Å². The zero-order chi connectivity index (χ0) is 11.5. The quantitative estimate of drug-likeness (QED) is 0.844. The van der Waals surface area contributed by atoms with Crippen molar-refractivity contribution in [2.45, 2.75) is 0 Å². The fourth-order valence-electron chi connectivity index (χ4n) is 1.16. The van der Waals surface area contributed by atoms with Crippen molar-refractivity contribution >= 4 is 28.8 Å². The highest BCUT2D eigenvalue weighted by atomic mass is 35.5. The van der Waals surface area contributed by atoms with Gasteiger partial charge in [0.05, 0.1) is 17.6 Å². The van der Waals surface area contributed by atoms with Crippen LogP contribution in [-0.2, 0) is 0 Å². The van der Waals surface area contributed by atoms with Gasteiger partial charge >= 0.3 is 0 Å². The standard InChI is InChI=1S/C10H8ClFN4/c11-6-1-2-9(7(12)3-6)16-10-8(13)4-14-5-15-10/h1-5H,13H2,(H,14,15,16). The predicted octanol–water partition coefficient (Wildman–Crippen LogP) is 2.59. The minimum Gasteiger partial charge on any atom is -0.394 e. The molecule has 1 aromatic carbocycles. The Kier molecular flexibility index (Phi) is 2.87. The Bertz CT molecular complexity index is 518. The molecule has 0 aliphatic carbocycles. The highest BCUT2D eigenvalue weighted by Crippen LogP contribution is 2.23. The third-order valence-electron chi connectivity index (χ3n) is 1.92. The molecule has 6 heteroatoms. The van der Waals surface area contributed by atoms with Gasteiger partial charge in [-0.05, 0) is 18.2 Å². The Morgan fingerprint density at radius 3 is 2.88 bits per heavy atom. The molecule has 1 aromatic heterocycles. The second-order valence-corrected chi connectivity index (χ2v) is 3.51. The van der Waals surface area contributed by atoms with E-state index in [-0.39, 0.29) is 5.69 Å². The van der Waals surface area contributed by atoms with Gasteiger partial charge in [0.15, 0.2) is 5.82 Å². The molecule has 0 spiro atoms. The smallest absolute Gasteiger partial charge is 0.157 e. The number of nitrogens with one attached hydrogen (secondary N) is 1. The van der Waals surface area contributed by atoms with Crippen LogP contribution in [0.5, 0.6) is 0 Å². The summed E-state index contributed by atoms with van der Waals surface area (Å²) in [6.45, 7) is 0. The lowest BCUT2D eigenvalue weighted by atomic mass is 10.3. The number of nitrogens with zero attached hydrogens (tertiary/aromatic N) is 2. The van der Waals surface area contributed by atoms with E-state index in [9.17, 15) is 4.39 Å². The third-order valence-corrected chi connectivity index (χ3v) is 2.16. The molecule has 0 aliphatic heterocycles. The van der Waals surface area contributed by atoms with Crippen molar-refractivity contribution in [3.8, 4) is 0 Å². The molecule has 0 saturated carbocycles. The van der Waals surface area contributed by atoms with E-state index >= 15 is 0 Å². The Morgan fingerprint density at radius 1 is 1.38 bits per heavy atom. The molecule has 0 aliphatic rings. The molecule has 0 atom stereocenters. The topological polar surface area (TPSA) is 63.8 Å². The highest BCUT2D eigenvalue weighted by Gasteiger charge is 2.05. The van der Waals surface area contributed by atoms with Crippen LogP contribution >= 0.6 is 11.6 Å². The summed E-state index contributed by atoms with van der Waals surface area (Å²) in [5.74, 6) is -0.110. The van der Waals surface area contributed by atoms with Crippen LogP contribution in [0.3, 0.4) is 0 Å². The van der Waals surface area contributed by atoms with Gasteiger partial charge in [0.2, 0.25) is 0 Å². The minimum absolute atomic E-state index is 0.259. The lowest BCUT2D eigenvalue weighted by Crippen LogP contribution is -2.01. The molecule has 2 rings (SSSR count). The summed E-state index contributed by atoms with van der Waals surface area (Å²) in [4.78, 5) is 7.62. The van der Waals surface area contributed by atoms with Crippen molar-refractivity contribution in [3.63, 3.8) is 0 Å². The van der Waals surface area contributed by atoms with Gasteiger partial charge in [-0.3, -0.25) is 0 Å². The summed E-state index contributed by atoms with van der Waals surface area (Å²) < 4.78 is 13.4.